The number of aliphatic hydroxyl groups excluding tert-OH is 1. The minimum Gasteiger partial charge on any atom is -0.454 e. The predicted octanol–water partition coefficient (Wildman–Crippen LogP) is 4.19. The van der Waals surface area contributed by atoms with E-state index in [4.69, 9.17) is 9.47 Å². The molecule has 0 aliphatic heterocycles. The minimum absolute atomic E-state index is 0.365. The molecule has 1 amide bonds. The lowest BCUT2D eigenvalue weighted by atomic mass is 10.1. The van der Waals surface area contributed by atoms with E-state index in [1.54, 1.807) is 14.0 Å². The normalized spacial score (nSPS) is 13.2. The second-order valence-electron chi connectivity index (χ2n) is 8.25. The topological polar surface area (TPSA) is 78.0 Å². The van der Waals surface area contributed by atoms with Gasteiger partial charge in [-0.3, -0.25) is 0 Å². The van der Waals surface area contributed by atoms with Gasteiger partial charge in [-0.05, 0) is 50.2 Å². The minimum atomic E-state index is -0.758. The van der Waals surface area contributed by atoms with E-state index in [0.717, 1.165) is 35.0 Å². The number of rotatable bonds is 10. The Bertz CT molecular complexity index is 1000. The van der Waals surface area contributed by atoms with Crippen molar-refractivity contribution >= 4 is 17.0 Å². The molecule has 172 valence electrons. The summed E-state index contributed by atoms with van der Waals surface area (Å²) in [6.07, 6.45) is 1.42. The first kappa shape index (κ1) is 23.6. The van der Waals surface area contributed by atoms with Crippen LogP contribution >= 0.6 is 0 Å². The molecule has 2 atom stereocenters. The number of ether oxygens (including phenoxy) is 2. The maximum Gasteiger partial charge on any atom is 0.412 e. The van der Waals surface area contributed by atoms with Gasteiger partial charge in [0.25, 0.3) is 0 Å². The molecule has 0 saturated carbocycles. The van der Waals surface area contributed by atoms with E-state index >= 15 is 0 Å². The molecule has 3 aromatic rings. The summed E-state index contributed by atoms with van der Waals surface area (Å²) in [5.41, 5.74) is 2.98. The molecule has 2 N–H and O–H groups in total. The van der Waals surface area contributed by atoms with E-state index in [1.807, 2.05) is 68.8 Å². The van der Waals surface area contributed by atoms with Gasteiger partial charge in [-0.15, -0.1) is 0 Å². The van der Waals surface area contributed by atoms with Crippen molar-refractivity contribution < 1.29 is 19.4 Å². The standard InChI is InChI=1S/C25H33N3O4/c1-18(32-25(30)28(4)16-14-22(29)19-9-6-5-7-10-19)31-23-12-8-11-21-24(23)20(17-26-21)13-15-27(2)3/h5-12,17-18,22,26,29H,13-16H2,1-4H3. The smallest absolute Gasteiger partial charge is 0.412 e. The number of aromatic nitrogens is 1. The molecule has 32 heavy (non-hydrogen) atoms. The SMILES string of the molecule is CC(OC(=O)N(C)CCC(O)c1ccccc1)Oc1cccc2[nH]cc(CCN(C)C)c12. The molecule has 7 nitrogen and oxygen atoms in total. The highest BCUT2D eigenvalue weighted by atomic mass is 16.7. The number of H-pyrrole nitrogens is 1. The highest BCUT2D eigenvalue weighted by Crippen LogP contribution is 2.30. The molecule has 2 unspecified atom stereocenters. The molecule has 1 aromatic heterocycles. The number of nitrogens with one attached hydrogen (secondary N) is 1. The van der Waals surface area contributed by atoms with Crippen molar-refractivity contribution in [2.24, 2.45) is 0 Å². The lowest BCUT2D eigenvalue weighted by molar-refractivity contribution is -0.0310. The van der Waals surface area contributed by atoms with E-state index < -0.39 is 18.5 Å². The molecule has 0 bridgehead atoms. The zero-order valence-electron chi connectivity index (χ0n) is 19.2. The third kappa shape index (κ3) is 6.24. The summed E-state index contributed by atoms with van der Waals surface area (Å²) in [6.45, 7) is 2.99. The van der Waals surface area contributed by atoms with Gasteiger partial charge < -0.3 is 29.4 Å². The fourth-order valence-electron chi connectivity index (χ4n) is 3.54. The lowest BCUT2D eigenvalue weighted by Crippen LogP contribution is -2.33. The molecule has 2 aromatic carbocycles. The van der Waals surface area contributed by atoms with Gasteiger partial charge in [0.2, 0.25) is 6.29 Å². The van der Waals surface area contributed by atoms with Crippen LogP contribution in [0.3, 0.4) is 0 Å². The highest BCUT2D eigenvalue weighted by Gasteiger charge is 2.19. The van der Waals surface area contributed by atoms with Crippen molar-refractivity contribution in [3.05, 3.63) is 65.9 Å². The van der Waals surface area contributed by atoms with Crippen molar-refractivity contribution in [3.63, 3.8) is 0 Å². The largest absolute Gasteiger partial charge is 0.454 e. The summed E-state index contributed by atoms with van der Waals surface area (Å²) >= 11 is 0. The number of aliphatic hydroxyl groups is 1. The van der Waals surface area contributed by atoms with Crippen LogP contribution < -0.4 is 4.74 Å². The van der Waals surface area contributed by atoms with Crippen molar-refractivity contribution in [2.75, 3.05) is 34.2 Å². The monoisotopic (exact) mass is 439 g/mol. The average molecular weight is 440 g/mol. The molecular formula is C25H33N3O4. The van der Waals surface area contributed by atoms with E-state index in [9.17, 15) is 9.90 Å². The van der Waals surface area contributed by atoms with Gasteiger partial charge in [0.05, 0.1) is 6.10 Å². The van der Waals surface area contributed by atoms with Crippen LogP contribution in [0.2, 0.25) is 0 Å². The third-order valence-electron chi connectivity index (χ3n) is 5.37. The molecule has 1 heterocycles. The van der Waals surface area contributed by atoms with Gasteiger partial charge in [0.1, 0.15) is 5.75 Å². The summed E-state index contributed by atoms with van der Waals surface area (Å²) in [6, 6.07) is 15.2. The van der Waals surface area contributed by atoms with E-state index in [1.165, 1.54) is 4.90 Å². The number of hydrogen-bond donors (Lipinski definition) is 2. The number of carbonyl (C=O) groups is 1. The van der Waals surface area contributed by atoms with Gasteiger partial charge in [0.15, 0.2) is 0 Å². The molecule has 3 rings (SSSR count). The lowest BCUT2D eigenvalue weighted by Gasteiger charge is -2.22. The Labute approximate surface area is 189 Å². The number of nitrogens with zero attached hydrogens (tertiary/aromatic N) is 2. The number of aromatic amines is 1. The zero-order chi connectivity index (χ0) is 23.1. The fourth-order valence-corrected chi connectivity index (χ4v) is 3.54. The van der Waals surface area contributed by atoms with Crippen LogP contribution in [0.15, 0.2) is 54.7 Å². The summed E-state index contributed by atoms with van der Waals surface area (Å²) < 4.78 is 11.5. The second-order valence-corrected chi connectivity index (χ2v) is 8.25. The second kappa shape index (κ2) is 11.0. The van der Waals surface area contributed by atoms with Crippen LogP contribution in [0.25, 0.3) is 10.9 Å². The van der Waals surface area contributed by atoms with E-state index in [-0.39, 0.29) is 0 Å². The van der Waals surface area contributed by atoms with Gasteiger partial charge >= 0.3 is 6.09 Å². The molecule has 0 fully saturated rings. The maximum atomic E-state index is 12.5. The Morgan fingerprint density at radius 3 is 2.53 bits per heavy atom. The molecule has 0 radical (unpaired) electrons. The van der Waals surface area contributed by atoms with Crippen LogP contribution in [0.4, 0.5) is 4.79 Å². The number of fused-ring (bicyclic) bond motifs is 1. The van der Waals surface area contributed by atoms with Gasteiger partial charge in [-0.25, -0.2) is 4.79 Å². The Kier molecular flexibility index (Phi) is 8.14. The molecular weight excluding hydrogens is 406 g/mol. The average Bonchev–Trinajstić information content (AvgIpc) is 3.20. The molecule has 7 heteroatoms. The molecule has 0 aliphatic rings. The number of carbonyl (C=O) groups excluding carboxylic acids is 1. The molecule has 0 saturated heterocycles. The quantitative estimate of drug-likeness (QED) is 0.463. The zero-order valence-corrected chi connectivity index (χ0v) is 19.2. The first-order chi connectivity index (χ1) is 15.3. The van der Waals surface area contributed by atoms with Crippen LogP contribution in [0.5, 0.6) is 5.75 Å². The van der Waals surface area contributed by atoms with Crippen LogP contribution in [-0.4, -0.2) is 66.5 Å². The van der Waals surface area contributed by atoms with Gasteiger partial charge in [-0.2, -0.15) is 0 Å². The number of benzene rings is 2. The van der Waals surface area contributed by atoms with Crippen molar-refractivity contribution in [3.8, 4) is 5.75 Å². The summed E-state index contributed by atoms with van der Waals surface area (Å²) in [5, 5.41) is 11.3. The Morgan fingerprint density at radius 2 is 1.81 bits per heavy atom. The van der Waals surface area contributed by atoms with Crippen LogP contribution in [0, 0.1) is 0 Å². The summed E-state index contributed by atoms with van der Waals surface area (Å²) in [5.74, 6) is 0.681. The van der Waals surface area contributed by atoms with E-state index in [2.05, 4.69) is 9.88 Å². The Hall–Kier alpha value is -3.03. The number of hydrogen-bond acceptors (Lipinski definition) is 5. The Balaban J connectivity index is 1.56. The first-order valence-electron chi connectivity index (χ1n) is 10.9. The predicted molar refractivity (Wildman–Crippen MR) is 126 cm³/mol. The fraction of sp³-hybridized carbons (Fsp3) is 0.400. The van der Waals surface area contributed by atoms with Crippen molar-refractivity contribution in [1.29, 1.82) is 0 Å². The first-order valence-corrected chi connectivity index (χ1v) is 10.9. The van der Waals surface area contributed by atoms with Crippen LogP contribution in [0.1, 0.15) is 30.6 Å². The number of likely N-dealkylation sites (N-methyl/N-ethyl adjacent to an activating group) is 1. The maximum absolute atomic E-state index is 12.5. The highest BCUT2D eigenvalue weighted by molar-refractivity contribution is 5.89. The van der Waals surface area contributed by atoms with Gasteiger partial charge in [0, 0.05) is 44.2 Å². The summed E-state index contributed by atoms with van der Waals surface area (Å²) in [4.78, 5) is 19.4. The number of amides is 1. The Morgan fingerprint density at radius 1 is 1.06 bits per heavy atom. The van der Waals surface area contributed by atoms with E-state index in [0.29, 0.717) is 18.7 Å². The van der Waals surface area contributed by atoms with Gasteiger partial charge in [-0.1, -0.05) is 36.4 Å². The molecule has 0 aliphatic carbocycles. The van der Waals surface area contributed by atoms with Crippen molar-refractivity contribution in [2.45, 2.75) is 32.2 Å². The molecule has 0 spiro atoms. The summed E-state index contributed by atoms with van der Waals surface area (Å²) in [7, 11) is 5.74. The third-order valence-corrected chi connectivity index (χ3v) is 5.37. The van der Waals surface area contributed by atoms with Crippen molar-refractivity contribution in [1.82, 2.24) is 14.8 Å². The van der Waals surface area contributed by atoms with Crippen LogP contribution in [-0.2, 0) is 11.2 Å².